The minimum Gasteiger partial charge on any atom is -0.766 e. The van der Waals surface area contributed by atoms with Gasteiger partial charge in [-0.2, -0.15) is 0 Å². The van der Waals surface area contributed by atoms with Crippen LogP contribution in [0.1, 0.15) is 0 Å². The number of hydrogen-bond donors (Lipinski definition) is 0. The van der Waals surface area contributed by atoms with Gasteiger partial charge in [0.2, 0.25) is 12.4 Å². The number of aromatic nitrogens is 1. The summed E-state index contributed by atoms with van der Waals surface area (Å²) in [5.74, 6) is 0. The van der Waals surface area contributed by atoms with Crippen molar-refractivity contribution >= 4 is 8.25 Å². The lowest BCUT2D eigenvalue weighted by Crippen LogP contribution is -2.38. The lowest BCUT2D eigenvalue weighted by Gasteiger charge is -1.98. The molecule has 0 saturated carbocycles. The van der Waals surface area contributed by atoms with Crippen LogP contribution in [0, 0.1) is 0 Å². The Balaban J connectivity index is 2.67. The standard InChI is InChI=1S/C5H6NO3P/c7-10(8)9-6-4-2-1-3-5-6/h1-5,10H. The molecule has 5 heteroatoms. The molecule has 0 saturated heterocycles. The molecule has 0 fully saturated rings. The van der Waals surface area contributed by atoms with Crippen molar-refractivity contribution in [3.05, 3.63) is 30.6 Å². The fourth-order valence-electron chi connectivity index (χ4n) is 0.530. The minimum atomic E-state index is -3.12. The molecule has 1 aromatic heterocycles. The largest absolute Gasteiger partial charge is 0.766 e. The van der Waals surface area contributed by atoms with E-state index in [-0.39, 0.29) is 0 Å². The highest BCUT2D eigenvalue weighted by atomic mass is 31.1. The van der Waals surface area contributed by atoms with E-state index in [2.05, 4.69) is 4.62 Å². The number of nitrogens with zero attached hydrogens (tertiary/aromatic N) is 1. The first-order chi connectivity index (χ1) is 4.79. The molecule has 0 aliphatic carbocycles. The fraction of sp³-hybridized carbons (Fsp3) is 0. The molecule has 0 bridgehead atoms. The molecular formula is C5H6NO3P. The molecule has 10 heavy (non-hydrogen) atoms. The van der Waals surface area contributed by atoms with Gasteiger partial charge >= 0.3 is 0 Å². The summed E-state index contributed by atoms with van der Waals surface area (Å²) in [6, 6.07) is 5.11. The zero-order chi connectivity index (χ0) is 7.40. The van der Waals surface area contributed by atoms with Gasteiger partial charge in [0.25, 0.3) is 8.25 Å². The third-order valence-corrected chi connectivity index (χ3v) is 1.23. The van der Waals surface area contributed by atoms with Crippen LogP contribution < -0.4 is 14.2 Å². The quantitative estimate of drug-likeness (QED) is 0.417. The molecule has 0 aliphatic rings. The summed E-state index contributed by atoms with van der Waals surface area (Å²) in [5, 5.41) is 0. The van der Waals surface area contributed by atoms with Crippen molar-refractivity contribution < 1.29 is 18.8 Å². The van der Waals surface area contributed by atoms with Gasteiger partial charge in [-0.3, -0.25) is 4.57 Å². The second kappa shape index (κ2) is 3.34. The average Bonchev–Trinajstić information content (AvgIpc) is 1.88. The van der Waals surface area contributed by atoms with Crippen LogP contribution in [0.2, 0.25) is 0 Å². The summed E-state index contributed by atoms with van der Waals surface area (Å²) < 4.78 is 15.4. The smallest absolute Gasteiger partial charge is 0.250 e. The number of pyridine rings is 1. The SMILES string of the molecule is O=[PH]([O-])O[n+]1ccccc1. The van der Waals surface area contributed by atoms with Crippen LogP contribution >= 0.6 is 8.25 Å². The van der Waals surface area contributed by atoms with Crippen LogP contribution in [-0.2, 0) is 4.57 Å². The van der Waals surface area contributed by atoms with Crippen LogP contribution in [0.5, 0.6) is 0 Å². The van der Waals surface area contributed by atoms with Crippen molar-refractivity contribution in [1.29, 1.82) is 0 Å². The van der Waals surface area contributed by atoms with Gasteiger partial charge in [0.1, 0.15) is 0 Å². The molecule has 0 N–H and O–H groups in total. The highest BCUT2D eigenvalue weighted by Crippen LogP contribution is 1.96. The molecule has 54 valence electrons. The molecule has 1 atom stereocenters. The van der Waals surface area contributed by atoms with Gasteiger partial charge in [0.05, 0.1) is 0 Å². The van der Waals surface area contributed by atoms with Crippen LogP contribution in [0.4, 0.5) is 0 Å². The summed E-state index contributed by atoms with van der Waals surface area (Å²) in [6.07, 6.45) is 3.00. The van der Waals surface area contributed by atoms with E-state index >= 15 is 0 Å². The molecule has 4 nitrogen and oxygen atoms in total. The van der Waals surface area contributed by atoms with E-state index in [0.717, 1.165) is 4.73 Å². The molecule has 0 spiro atoms. The Hall–Kier alpha value is -0.860. The summed E-state index contributed by atoms with van der Waals surface area (Å²) in [4.78, 5) is 10.00. The van der Waals surface area contributed by atoms with Crippen LogP contribution in [0.25, 0.3) is 0 Å². The Kier molecular flexibility index (Phi) is 2.42. The summed E-state index contributed by atoms with van der Waals surface area (Å²) in [5.41, 5.74) is 0. The van der Waals surface area contributed by atoms with Gasteiger partial charge in [0.15, 0.2) is 0 Å². The number of rotatable bonds is 2. The molecule has 0 radical (unpaired) electrons. The topological polar surface area (TPSA) is 53.2 Å². The van der Waals surface area contributed by atoms with Crippen LogP contribution in [0.15, 0.2) is 30.6 Å². The normalized spacial score (nSPS) is 12.5. The van der Waals surface area contributed by atoms with Crippen molar-refractivity contribution in [2.24, 2.45) is 0 Å². The first kappa shape index (κ1) is 7.25. The van der Waals surface area contributed by atoms with Gasteiger partial charge in [-0.15, -0.1) is 0 Å². The first-order valence-electron chi connectivity index (χ1n) is 2.64. The van der Waals surface area contributed by atoms with Gasteiger partial charge in [0, 0.05) is 16.9 Å². The number of hydrogen-bond acceptors (Lipinski definition) is 3. The van der Waals surface area contributed by atoms with Gasteiger partial charge in [-0.05, 0) is 0 Å². The van der Waals surface area contributed by atoms with E-state index in [4.69, 9.17) is 0 Å². The lowest BCUT2D eigenvalue weighted by atomic mass is 10.5. The second-order valence-electron chi connectivity index (χ2n) is 1.58. The van der Waals surface area contributed by atoms with Crippen molar-refractivity contribution in [2.45, 2.75) is 0 Å². The van der Waals surface area contributed by atoms with Gasteiger partial charge in [-0.1, -0.05) is 6.07 Å². The van der Waals surface area contributed by atoms with Crippen molar-refractivity contribution in [3.63, 3.8) is 0 Å². The minimum absolute atomic E-state index is 1.12. The second-order valence-corrected chi connectivity index (χ2v) is 2.26. The fourth-order valence-corrected chi connectivity index (χ4v) is 0.824. The molecule has 1 heterocycles. The summed E-state index contributed by atoms with van der Waals surface area (Å²) in [7, 11) is -3.12. The highest BCUT2D eigenvalue weighted by Gasteiger charge is 1.94. The Labute approximate surface area is 58.6 Å². The monoisotopic (exact) mass is 159 g/mol. The van der Waals surface area contributed by atoms with E-state index in [0.29, 0.717) is 0 Å². The molecule has 0 aliphatic heterocycles. The maximum absolute atomic E-state index is 10.00. The Morgan fingerprint density at radius 3 is 2.40 bits per heavy atom. The van der Waals surface area contributed by atoms with E-state index < -0.39 is 8.25 Å². The average molecular weight is 159 g/mol. The molecule has 0 aromatic carbocycles. The maximum Gasteiger partial charge on any atom is 0.250 e. The van der Waals surface area contributed by atoms with Gasteiger partial charge in [-0.25, -0.2) is 4.62 Å². The van der Waals surface area contributed by atoms with E-state index in [9.17, 15) is 9.46 Å². The van der Waals surface area contributed by atoms with E-state index in [1.54, 1.807) is 18.2 Å². The third kappa shape index (κ3) is 2.17. The van der Waals surface area contributed by atoms with E-state index in [1.165, 1.54) is 12.4 Å². The summed E-state index contributed by atoms with van der Waals surface area (Å²) >= 11 is 0. The van der Waals surface area contributed by atoms with Crippen molar-refractivity contribution in [3.8, 4) is 0 Å². The molecule has 1 rings (SSSR count). The zero-order valence-corrected chi connectivity index (χ0v) is 6.06. The lowest BCUT2D eigenvalue weighted by molar-refractivity contribution is -0.860. The first-order valence-corrected chi connectivity index (χ1v) is 3.87. The highest BCUT2D eigenvalue weighted by molar-refractivity contribution is 7.30. The maximum atomic E-state index is 10.00. The van der Waals surface area contributed by atoms with Crippen molar-refractivity contribution in [1.82, 2.24) is 0 Å². The van der Waals surface area contributed by atoms with E-state index in [1.807, 2.05) is 0 Å². The Morgan fingerprint density at radius 1 is 1.30 bits per heavy atom. The summed E-state index contributed by atoms with van der Waals surface area (Å²) in [6.45, 7) is 0. The predicted molar refractivity (Wildman–Crippen MR) is 32.2 cm³/mol. The van der Waals surface area contributed by atoms with Gasteiger partial charge < -0.3 is 4.89 Å². The van der Waals surface area contributed by atoms with Crippen molar-refractivity contribution in [2.75, 3.05) is 0 Å². The molecular weight excluding hydrogens is 153 g/mol. The Bertz CT molecular complexity index is 226. The van der Waals surface area contributed by atoms with Crippen LogP contribution in [-0.4, -0.2) is 0 Å². The molecule has 0 amide bonds. The van der Waals surface area contributed by atoms with Crippen LogP contribution in [0.3, 0.4) is 0 Å². The molecule has 1 aromatic rings. The Morgan fingerprint density at radius 2 is 1.90 bits per heavy atom. The third-order valence-electron chi connectivity index (χ3n) is 0.868. The zero-order valence-electron chi connectivity index (χ0n) is 5.06. The predicted octanol–water partition coefficient (Wildman–Crippen LogP) is -0.847. The molecule has 1 unspecified atom stereocenters.